The van der Waals surface area contributed by atoms with E-state index in [1.54, 1.807) is 30.5 Å². The fourth-order valence-electron chi connectivity index (χ4n) is 2.44. The molecule has 3 rings (SSSR count). The number of amides is 1. The molecule has 5 nitrogen and oxygen atoms in total. The average molecular weight is 356 g/mol. The number of carbonyl (C=O) groups is 1. The zero-order valence-electron chi connectivity index (χ0n) is 14.0. The third kappa shape index (κ3) is 4.06. The fourth-order valence-corrected chi connectivity index (χ4v) is 2.63. The molecular formula is C19H18ClN3O2. The maximum Gasteiger partial charge on any atom is 0.251 e. The Morgan fingerprint density at radius 3 is 2.88 bits per heavy atom. The molecule has 6 heteroatoms. The first-order valence-electron chi connectivity index (χ1n) is 8.05. The van der Waals surface area contributed by atoms with Gasteiger partial charge >= 0.3 is 0 Å². The minimum Gasteiger partial charge on any atom is -0.359 e. The molecule has 1 aromatic carbocycles. The number of aromatic nitrogens is 2. The zero-order valence-corrected chi connectivity index (χ0v) is 14.7. The van der Waals surface area contributed by atoms with E-state index < -0.39 is 0 Å². The summed E-state index contributed by atoms with van der Waals surface area (Å²) in [6, 6.07) is 12.2. The maximum atomic E-state index is 12.3. The number of nitrogens with zero attached hydrogens (tertiary/aromatic N) is 2. The minimum atomic E-state index is -0.319. The molecule has 1 amide bonds. The number of benzene rings is 1. The molecule has 1 atom stereocenters. The van der Waals surface area contributed by atoms with E-state index in [1.165, 1.54) is 0 Å². The number of aryl methyl sites for hydroxylation is 1. The molecule has 0 aliphatic heterocycles. The maximum absolute atomic E-state index is 12.3. The summed E-state index contributed by atoms with van der Waals surface area (Å²) >= 11 is 5.92. The lowest BCUT2D eigenvalue weighted by Crippen LogP contribution is -2.26. The van der Waals surface area contributed by atoms with Crippen LogP contribution in [0.3, 0.4) is 0 Å². The summed E-state index contributed by atoms with van der Waals surface area (Å²) < 4.78 is 5.40. The first-order valence-corrected chi connectivity index (χ1v) is 8.43. The smallest absolute Gasteiger partial charge is 0.251 e. The highest BCUT2D eigenvalue weighted by Gasteiger charge is 2.17. The van der Waals surface area contributed by atoms with Gasteiger partial charge in [-0.05, 0) is 43.7 Å². The molecule has 1 N–H and O–H groups in total. The molecule has 0 unspecified atom stereocenters. The second-order valence-electron chi connectivity index (χ2n) is 5.71. The van der Waals surface area contributed by atoms with Crippen molar-refractivity contribution in [1.82, 2.24) is 15.5 Å². The van der Waals surface area contributed by atoms with Gasteiger partial charge in [0.2, 0.25) is 0 Å². The van der Waals surface area contributed by atoms with E-state index in [1.807, 2.05) is 32.0 Å². The van der Waals surface area contributed by atoms with Crippen LogP contribution in [0.1, 0.15) is 41.7 Å². The molecule has 0 saturated heterocycles. The van der Waals surface area contributed by atoms with Crippen LogP contribution in [-0.4, -0.2) is 16.0 Å². The van der Waals surface area contributed by atoms with Gasteiger partial charge in [-0.3, -0.25) is 9.78 Å². The number of pyridine rings is 1. The van der Waals surface area contributed by atoms with Crippen LogP contribution in [0.5, 0.6) is 0 Å². The van der Waals surface area contributed by atoms with Gasteiger partial charge in [0.05, 0.1) is 6.04 Å². The van der Waals surface area contributed by atoms with Crippen molar-refractivity contribution in [3.8, 4) is 11.3 Å². The first-order chi connectivity index (χ1) is 12.1. The second-order valence-corrected chi connectivity index (χ2v) is 6.15. The quantitative estimate of drug-likeness (QED) is 0.734. The number of hydrogen-bond donors (Lipinski definition) is 1. The Labute approximate surface area is 151 Å². The molecule has 2 aromatic heterocycles. The van der Waals surface area contributed by atoms with E-state index in [0.717, 1.165) is 23.4 Å². The summed E-state index contributed by atoms with van der Waals surface area (Å²) in [5.74, 6) is 0.366. The molecule has 25 heavy (non-hydrogen) atoms. The lowest BCUT2D eigenvalue weighted by molar-refractivity contribution is 0.0934. The Morgan fingerprint density at radius 1 is 1.28 bits per heavy atom. The molecule has 3 aromatic rings. The lowest BCUT2D eigenvalue weighted by atomic mass is 10.1. The Kier molecular flexibility index (Phi) is 5.14. The summed E-state index contributed by atoms with van der Waals surface area (Å²) in [6.07, 6.45) is 2.61. The van der Waals surface area contributed by atoms with Crippen molar-refractivity contribution in [1.29, 1.82) is 0 Å². The van der Waals surface area contributed by atoms with Crippen LogP contribution in [0.4, 0.5) is 0 Å². The van der Waals surface area contributed by atoms with Crippen LogP contribution < -0.4 is 5.32 Å². The van der Waals surface area contributed by atoms with Crippen molar-refractivity contribution in [3.63, 3.8) is 0 Å². The highest BCUT2D eigenvalue weighted by atomic mass is 35.5. The number of carbonyl (C=O) groups excluding carboxylic acids is 1. The summed E-state index contributed by atoms with van der Waals surface area (Å²) in [5.41, 5.74) is 3.15. The predicted molar refractivity (Wildman–Crippen MR) is 96.4 cm³/mol. The number of halogens is 1. The van der Waals surface area contributed by atoms with Gasteiger partial charge in [0.1, 0.15) is 5.69 Å². The molecule has 0 saturated carbocycles. The second kappa shape index (κ2) is 7.49. The SMILES string of the molecule is CCc1cc(-c2cc([C@@H](C)NC(=O)c3cccc(Cl)c3)on2)ccn1. The lowest BCUT2D eigenvalue weighted by Gasteiger charge is -2.10. The Morgan fingerprint density at radius 2 is 2.12 bits per heavy atom. The van der Waals surface area contributed by atoms with Gasteiger partial charge < -0.3 is 9.84 Å². The first kappa shape index (κ1) is 17.2. The minimum absolute atomic E-state index is 0.217. The third-order valence-corrected chi connectivity index (χ3v) is 4.10. The van der Waals surface area contributed by atoms with E-state index in [4.69, 9.17) is 16.1 Å². The molecule has 128 valence electrons. The van der Waals surface area contributed by atoms with Gasteiger partial charge in [0.25, 0.3) is 5.91 Å². The van der Waals surface area contributed by atoms with E-state index in [-0.39, 0.29) is 11.9 Å². The Hall–Kier alpha value is -2.66. The van der Waals surface area contributed by atoms with Crippen LogP contribution in [0, 0.1) is 0 Å². The number of hydrogen-bond acceptors (Lipinski definition) is 4. The highest BCUT2D eigenvalue weighted by Crippen LogP contribution is 2.23. The van der Waals surface area contributed by atoms with E-state index in [2.05, 4.69) is 15.5 Å². The van der Waals surface area contributed by atoms with Crippen LogP contribution in [0.15, 0.2) is 53.2 Å². The van der Waals surface area contributed by atoms with Gasteiger partial charge in [-0.15, -0.1) is 0 Å². The van der Waals surface area contributed by atoms with Crippen LogP contribution in [0.2, 0.25) is 5.02 Å². The van der Waals surface area contributed by atoms with Gasteiger partial charge in [0.15, 0.2) is 5.76 Å². The molecule has 0 fully saturated rings. The third-order valence-electron chi connectivity index (χ3n) is 3.86. The molecule has 0 radical (unpaired) electrons. The van der Waals surface area contributed by atoms with Crippen molar-refractivity contribution >= 4 is 17.5 Å². The van der Waals surface area contributed by atoms with Crippen molar-refractivity contribution in [2.24, 2.45) is 0 Å². The average Bonchev–Trinajstić information content (AvgIpc) is 3.12. The normalized spacial score (nSPS) is 12.0. The summed E-state index contributed by atoms with van der Waals surface area (Å²) in [7, 11) is 0. The topological polar surface area (TPSA) is 68.0 Å². The molecule has 2 heterocycles. The standard InChI is InChI=1S/C19H18ClN3O2/c1-3-16-10-13(7-8-21-16)17-11-18(25-23-17)12(2)22-19(24)14-5-4-6-15(20)9-14/h4-12H,3H2,1-2H3,(H,22,24)/t12-/m1/s1. The molecular weight excluding hydrogens is 338 g/mol. The fraction of sp³-hybridized carbons (Fsp3) is 0.211. The monoisotopic (exact) mass is 355 g/mol. The van der Waals surface area contributed by atoms with Crippen molar-refractivity contribution < 1.29 is 9.32 Å². The summed E-state index contributed by atoms with van der Waals surface area (Å²) in [4.78, 5) is 16.6. The van der Waals surface area contributed by atoms with Gasteiger partial charge in [-0.25, -0.2) is 0 Å². The molecule has 0 spiro atoms. The van der Waals surface area contributed by atoms with Crippen LogP contribution in [-0.2, 0) is 6.42 Å². The summed E-state index contributed by atoms with van der Waals surface area (Å²) in [5, 5.41) is 7.51. The zero-order chi connectivity index (χ0) is 17.8. The van der Waals surface area contributed by atoms with E-state index >= 15 is 0 Å². The Balaban J connectivity index is 1.74. The van der Waals surface area contributed by atoms with Crippen molar-refractivity contribution in [2.45, 2.75) is 26.3 Å². The van der Waals surface area contributed by atoms with Gasteiger partial charge in [0, 0.05) is 34.1 Å². The number of rotatable bonds is 5. The molecule has 0 aliphatic carbocycles. The van der Waals surface area contributed by atoms with Gasteiger partial charge in [-0.2, -0.15) is 0 Å². The highest BCUT2D eigenvalue weighted by molar-refractivity contribution is 6.30. The summed E-state index contributed by atoms with van der Waals surface area (Å²) in [6.45, 7) is 3.89. The predicted octanol–water partition coefficient (Wildman–Crippen LogP) is 4.44. The molecule has 0 bridgehead atoms. The Bertz CT molecular complexity index is 892. The van der Waals surface area contributed by atoms with E-state index in [9.17, 15) is 4.79 Å². The number of nitrogens with one attached hydrogen (secondary N) is 1. The van der Waals surface area contributed by atoms with Crippen LogP contribution >= 0.6 is 11.6 Å². The van der Waals surface area contributed by atoms with Crippen molar-refractivity contribution in [2.75, 3.05) is 0 Å². The van der Waals surface area contributed by atoms with Gasteiger partial charge in [-0.1, -0.05) is 29.7 Å². The van der Waals surface area contributed by atoms with Crippen LogP contribution in [0.25, 0.3) is 11.3 Å². The largest absolute Gasteiger partial charge is 0.359 e. The van der Waals surface area contributed by atoms with E-state index in [0.29, 0.717) is 16.3 Å². The molecule has 0 aliphatic rings. The van der Waals surface area contributed by atoms with Crippen molar-refractivity contribution in [3.05, 3.63) is 70.7 Å².